The Kier molecular flexibility index (Phi) is 5.52. The van der Waals surface area contributed by atoms with Crippen LogP contribution in [0.25, 0.3) is 0 Å². The first-order valence-corrected chi connectivity index (χ1v) is 8.81. The molecule has 0 bridgehead atoms. The Bertz CT molecular complexity index is 810. The van der Waals surface area contributed by atoms with Gasteiger partial charge in [-0.15, -0.1) is 0 Å². The topological polar surface area (TPSA) is 60.8 Å². The number of likely N-dealkylation sites (tertiary alicyclic amines) is 1. The van der Waals surface area contributed by atoms with Crippen molar-refractivity contribution < 1.29 is 19.1 Å². The van der Waals surface area contributed by atoms with Crippen LogP contribution >= 0.6 is 11.6 Å². The SMILES string of the molecule is COC(=O)c1cccn1C1CCN(C(=O)c2cc(Cl)ccc2OC)CC1. The Balaban J connectivity index is 1.71. The summed E-state index contributed by atoms with van der Waals surface area (Å²) in [6, 6.07) is 8.77. The predicted molar refractivity (Wildman–Crippen MR) is 98.0 cm³/mol. The number of amides is 1. The lowest BCUT2D eigenvalue weighted by Crippen LogP contribution is -2.39. The summed E-state index contributed by atoms with van der Waals surface area (Å²) in [4.78, 5) is 26.5. The number of piperidine rings is 1. The molecule has 6 nitrogen and oxygen atoms in total. The Hall–Kier alpha value is -2.47. The molecule has 0 aliphatic carbocycles. The number of ether oxygens (including phenoxy) is 2. The third-order valence-corrected chi connectivity index (χ3v) is 4.95. The highest BCUT2D eigenvalue weighted by molar-refractivity contribution is 6.31. The molecule has 1 amide bonds. The molecule has 0 atom stereocenters. The molecule has 138 valence electrons. The third kappa shape index (κ3) is 3.55. The summed E-state index contributed by atoms with van der Waals surface area (Å²) in [5, 5.41) is 0.499. The molecular formula is C19H21ClN2O4. The van der Waals surface area contributed by atoms with Crippen LogP contribution in [0.15, 0.2) is 36.5 Å². The number of hydrogen-bond acceptors (Lipinski definition) is 4. The van der Waals surface area contributed by atoms with Gasteiger partial charge >= 0.3 is 5.97 Å². The summed E-state index contributed by atoms with van der Waals surface area (Å²) >= 11 is 6.03. The van der Waals surface area contributed by atoms with Crippen LogP contribution in [0.5, 0.6) is 5.75 Å². The van der Waals surface area contributed by atoms with Crippen LogP contribution in [0.1, 0.15) is 39.7 Å². The van der Waals surface area contributed by atoms with Gasteiger partial charge in [-0.2, -0.15) is 0 Å². The maximum absolute atomic E-state index is 12.9. The van der Waals surface area contributed by atoms with E-state index in [1.165, 1.54) is 14.2 Å². The highest BCUT2D eigenvalue weighted by atomic mass is 35.5. The average Bonchev–Trinajstić information content (AvgIpc) is 3.16. The van der Waals surface area contributed by atoms with E-state index in [1.807, 2.05) is 16.8 Å². The Morgan fingerprint density at radius 3 is 2.54 bits per heavy atom. The summed E-state index contributed by atoms with van der Waals surface area (Å²) in [5.74, 6) is 0.0700. The predicted octanol–water partition coefficient (Wildman–Crippen LogP) is 3.41. The first kappa shape index (κ1) is 18.3. The van der Waals surface area contributed by atoms with Crippen LogP contribution in [0.3, 0.4) is 0 Å². The molecule has 1 saturated heterocycles. The molecule has 1 aromatic heterocycles. The van der Waals surface area contributed by atoms with Crippen molar-refractivity contribution in [1.82, 2.24) is 9.47 Å². The van der Waals surface area contributed by atoms with E-state index in [0.717, 1.165) is 12.8 Å². The van der Waals surface area contributed by atoms with Crippen molar-refractivity contribution in [2.45, 2.75) is 18.9 Å². The van der Waals surface area contributed by atoms with Crippen molar-refractivity contribution >= 4 is 23.5 Å². The molecular weight excluding hydrogens is 356 g/mol. The maximum atomic E-state index is 12.9. The summed E-state index contributed by atoms with van der Waals surface area (Å²) in [7, 11) is 2.91. The van der Waals surface area contributed by atoms with Crippen molar-refractivity contribution in [3.05, 3.63) is 52.8 Å². The minimum atomic E-state index is -0.350. The number of nitrogens with zero attached hydrogens (tertiary/aromatic N) is 2. The van der Waals surface area contributed by atoms with Gasteiger partial charge in [0.25, 0.3) is 5.91 Å². The van der Waals surface area contributed by atoms with Gasteiger partial charge in [0.1, 0.15) is 11.4 Å². The molecule has 1 aliphatic rings. The fraction of sp³-hybridized carbons (Fsp3) is 0.368. The summed E-state index contributed by atoms with van der Waals surface area (Å²) in [6.07, 6.45) is 3.40. The molecule has 0 spiro atoms. The zero-order valence-corrected chi connectivity index (χ0v) is 15.5. The molecule has 0 unspecified atom stereocenters. The Morgan fingerprint density at radius 2 is 1.88 bits per heavy atom. The van der Waals surface area contributed by atoms with Gasteiger partial charge in [-0.3, -0.25) is 4.79 Å². The lowest BCUT2D eigenvalue weighted by molar-refractivity contribution is 0.0573. The number of methoxy groups -OCH3 is 2. The van der Waals surface area contributed by atoms with E-state index in [2.05, 4.69) is 0 Å². The van der Waals surface area contributed by atoms with E-state index >= 15 is 0 Å². The van der Waals surface area contributed by atoms with Crippen molar-refractivity contribution in [3.8, 4) is 5.75 Å². The van der Waals surface area contributed by atoms with Crippen molar-refractivity contribution in [1.29, 1.82) is 0 Å². The molecule has 3 rings (SSSR count). The molecule has 1 aliphatic heterocycles. The molecule has 2 aromatic rings. The number of aromatic nitrogens is 1. The van der Waals surface area contributed by atoms with Crippen LogP contribution in [-0.2, 0) is 4.74 Å². The minimum absolute atomic E-state index is 0.0940. The second kappa shape index (κ2) is 7.83. The Morgan fingerprint density at radius 1 is 1.15 bits per heavy atom. The fourth-order valence-electron chi connectivity index (χ4n) is 3.35. The number of hydrogen-bond donors (Lipinski definition) is 0. The minimum Gasteiger partial charge on any atom is -0.496 e. The largest absolute Gasteiger partial charge is 0.496 e. The molecule has 1 fully saturated rings. The standard InChI is InChI=1S/C19H21ClN2O4/c1-25-17-6-5-13(20)12-15(17)18(23)21-10-7-14(8-11-21)22-9-3-4-16(22)19(24)26-2/h3-6,9,12,14H,7-8,10-11H2,1-2H3. The van der Waals surface area contributed by atoms with Gasteiger partial charge in [-0.05, 0) is 43.2 Å². The van der Waals surface area contributed by atoms with Crippen LogP contribution < -0.4 is 4.74 Å². The number of esters is 1. The molecule has 0 N–H and O–H groups in total. The highest BCUT2D eigenvalue weighted by Crippen LogP contribution is 2.29. The normalized spacial score (nSPS) is 15.0. The second-order valence-corrected chi connectivity index (χ2v) is 6.60. The molecule has 1 aromatic carbocycles. The monoisotopic (exact) mass is 376 g/mol. The second-order valence-electron chi connectivity index (χ2n) is 6.16. The lowest BCUT2D eigenvalue weighted by atomic mass is 10.0. The maximum Gasteiger partial charge on any atom is 0.354 e. The lowest BCUT2D eigenvalue weighted by Gasteiger charge is -2.33. The quantitative estimate of drug-likeness (QED) is 0.767. The highest BCUT2D eigenvalue weighted by Gasteiger charge is 2.28. The third-order valence-electron chi connectivity index (χ3n) is 4.71. The number of halogens is 1. The van der Waals surface area contributed by atoms with Crippen LogP contribution in [-0.4, -0.2) is 48.7 Å². The van der Waals surface area contributed by atoms with Gasteiger partial charge in [0.05, 0.1) is 19.8 Å². The van der Waals surface area contributed by atoms with Gasteiger partial charge in [0.2, 0.25) is 0 Å². The summed E-state index contributed by atoms with van der Waals surface area (Å²) in [5.41, 5.74) is 1.00. The van der Waals surface area contributed by atoms with Crippen LogP contribution in [0, 0.1) is 0 Å². The van der Waals surface area contributed by atoms with Crippen molar-refractivity contribution in [3.63, 3.8) is 0 Å². The van der Waals surface area contributed by atoms with Gasteiger partial charge in [-0.1, -0.05) is 11.6 Å². The smallest absolute Gasteiger partial charge is 0.354 e. The zero-order chi connectivity index (χ0) is 18.7. The fourth-order valence-corrected chi connectivity index (χ4v) is 3.53. The number of benzene rings is 1. The van der Waals surface area contributed by atoms with E-state index < -0.39 is 0 Å². The average molecular weight is 377 g/mol. The molecule has 26 heavy (non-hydrogen) atoms. The van der Waals surface area contributed by atoms with E-state index in [1.54, 1.807) is 29.2 Å². The van der Waals surface area contributed by atoms with Gasteiger partial charge < -0.3 is 18.9 Å². The van der Waals surface area contributed by atoms with Crippen LogP contribution in [0.4, 0.5) is 0 Å². The van der Waals surface area contributed by atoms with Gasteiger partial charge in [-0.25, -0.2) is 4.79 Å². The number of carbonyl (C=O) groups excluding carboxylic acids is 2. The van der Waals surface area contributed by atoms with Gasteiger partial charge in [0, 0.05) is 30.4 Å². The van der Waals surface area contributed by atoms with E-state index in [0.29, 0.717) is 35.1 Å². The summed E-state index contributed by atoms with van der Waals surface area (Å²) < 4.78 is 12.1. The van der Waals surface area contributed by atoms with E-state index in [9.17, 15) is 9.59 Å². The van der Waals surface area contributed by atoms with Crippen LogP contribution in [0.2, 0.25) is 5.02 Å². The number of rotatable bonds is 4. The zero-order valence-electron chi connectivity index (χ0n) is 14.8. The van der Waals surface area contributed by atoms with Crippen molar-refractivity contribution in [2.75, 3.05) is 27.3 Å². The first-order chi connectivity index (χ1) is 12.5. The molecule has 2 heterocycles. The molecule has 0 saturated carbocycles. The molecule has 0 radical (unpaired) electrons. The first-order valence-electron chi connectivity index (χ1n) is 8.43. The van der Waals surface area contributed by atoms with Gasteiger partial charge in [0.15, 0.2) is 0 Å². The summed E-state index contributed by atoms with van der Waals surface area (Å²) in [6.45, 7) is 1.19. The molecule has 7 heteroatoms. The number of carbonyl (C=O) groups is 2. The van der Waals surface area contributed by atoms with E-state index in [-0.39, 0.29) is 17.9 Å². The van der Waals surface area contributed by atoms with E-state index in [4.69, 9.17) is 21.1 Å². The van der Waals surface area contributed by atoms with Crippen molar-refractivity contribution in [2.24, 2.45) is 0 Å². The Labute approximate surface area is 157 Å².